The van der Waals surface area contributed by atoms with Gasteiger partial charge in [0.15, 0.2) is 17.6 Å². The highest BCUT2D eigenvalue weighted by atomic mass is 35.5. The third-order valence-electron chi connectivity index (χ3n) is 3.09. The number of amides is 1. The standard InChI is InChI=1S/C17H17ClN2O4/c1-11(24-14-6-4-13(18)5-7-14)17(22)20-19-10-12-3-8-15(21)16(9-12)23-2/h3-11,21H,1-2H3,(H,20,22)/b19-10+. The molecule has 0 saturated carbocycles. The molecule has 1 amide bonds. The van der Waals surface area contributed by atoms with Gasteiger partial charge < -0.3 is 14.6 Å². The Morgan fingerprint density at radius 1 is 1.29 bits per heavy atom. The number of aromatic hydroxyl groups is 1. The predicted molar refractivity (Wildman–Crippen MR) is 91.9 cm³/mol. The van der Waals surface area contributed by atoms with Gasteiger partial charge in [-0.15, -0.1) is 0 Å². The summed E-state index contributed by atoms with van der Waals surface area (Å²) < 4.78 is 10.5. The summed E-state index contributed by atoms with van der Waals surface area (Å²) in [5, 5.41) is 14.0. The van der Waals surface area contributed by atoms with Gasteiger partial charge in [-0.1, -0.05) is 11.6 Å². The molecule has 6 nitrogen and oxygen atoms in total. The Morgan fingerprint density at radius 3 is 2.67 bits per heavy atom. The molecule has 1 unspecified atom stereocenters. The minimum absolute atomic E-state index is 0.0312. The number of phenols is 1. The number of ether oxygens (including phenoxy) is 2. The Morgan fingerprint density at radius 2 is 2.00 bits per heavy atom. The molecular formula is C17H17ClN2O4. The fourth-order valence-corrected chi connectivity index (χ4v) is 1.93. The molecule has 2 N–H and O–H groups in total. The van der Waals surface area contributed by atoms with Crippen LogP contribution < -0.4 is 14.9 Å². The number of halogens is 1. The summed E-state index contributed by atoms with van der Waals surface area (Å²) in [5.74, 6) is 0.495. The number of nitrogens with one attached hydrogen (secondary N) is 1. The molecule has 24 heavy (non-hydrogen) atoms. The van der Waals surface area contributed by atoms with Crippen LogP contribution in [0.15, 0.2) is 47.6 Å². The average molecular weight is 349 g/mol. The number of nitrogens with zero attached hydrogens (tertiary/aromatic N) is 1. The van der Waals surface area contributed by atoms with E-state index in [4.69, 9.17) is 21.1 Å². The van der Waals surface area contributed by atoms with Crippen LogP contribution in [0.2, 0.25) is 5.02 Å². The number of methoxy groups -OCH3 is 1. The van der Waals surface area contributed by atoms with E-state index < -0.39 is 12.0 Å². The minimum Gasteiger partial charge on any atom is -0.504 e. The van der Waals surface area contributed by atoms with Gasteiger partial charge in [-0.3, -0.25) is 4.79 Å². The van der Waals surface area contributed by atoms with E-state index in [1.807, 2.05) is 0 Å². The molecule has 0 aliphatic heterocycles. The fraction of sp³-hybridized carbons (Fsp3) is 0.176. The lowest BCUT2D eigenvalue weighted by atomic mass is 10.2. The van der Waals surface area contributed by atoms with E-state index >= 15 is 0 Å². The van der Waals surface area contributed by atoms with Gasteiger partial charge in [0.05, 0.1) is 13.3 Å². The minimum atomic E-state index is -0.724. The monoisotopic (exact) mass is 348 g/mol. The van der Waals surface area contributed by atoms with Crippen LogP contribution in [0.3, 0.4) is 0 Å². The smallest absolute Gasteiger partial charge is 0.280 e. The Labute approximate surface area is 144 Å². The molecule has 0 aromatic heterocycles. The van der Waals surface area contributed by atoms with Crippen LogP contribution in [0.5, 0.6) is 17.2 Å². The third-order valence-corrected chi connectivity index (χ3v) is 3.34. The highest BCUT2D eigenvalue weighted by Gasteiger charge is 2.13. The van der Waals surface area contributed by atoms with Crippen LogP contribution in [0.1, 0.15) is 12.5 Å². The van der Waals surface area contributed by atoms with Crippen molar-refractivity contribution in [2.45, 2.75) is 13.0 Å². The van der Waals surface area contributed by atoms with E-state index in [-0.39, 0.29) is 5.75 Å². The maximum Gasteiger partial charge on any atom is 0.280 e. The first-order valence-corrected chi connectivity index (χ1v) is 7.49. The van der Waals surface area contributed by atoms with Gasteiger partial charge in [-0.2, -0.15) is 5.10 Å². The lowest BCUT2D eigenvalue weighted by Crippen LogP contribution is -2.33. The molecule has 2 aromatic carbocycles. The number of phenolic OH excluding ortho intramolecular Hbond substituents is 1. The van der Waals surface area contributed by atoms with Crippen LogP contribution in [0, 0.1) is 0 Å². The molecule has 126 valence electrons. The molecule has 2 rings (SSSR count). The molecule has 2 aromatic rings. The third kappa shape index (κ3) is 4.89. The number of rotatable bonds is 6. The first-order valence-electron chi connectivity index (χ1n) is 7.11. The second kappa shape index (κ2) is 8.21. The normalized spacial score (nSPS) is 12.0. The predicted octanol–water partition coefficient (Wildman–Crippen LogP) is 2.97. The number of benzene rings is 2. The Kier molecular flexibility index (Phi) is 6.03. The van der Waals surface area contributed by atoms with Crippen molar-refractivity contribution in [3.63, 3.8) is 0 Å². The number of carbonyl (C=O) groups is 1. The van der Waals surface area contributed by atoms with Crippen LogP contribution >= 0.6 is 11.6 Å². The number of carbonyl (C=O) groups excluding carboxylic acids is 1. The van der Waals surface area contributed by atoms with Gasteiger partial charge in [-0.05, 0) is 55.0 Å². The van der Waals surface area contributed by atoms with E-state index in [2.05, 4.69) is 10.5 Å². The zero-order chi connectivity index (χ0) is 17.5. The number of hydrogen-bond acceptors (Lipinski definition) is 5. The van der Waals surface area contributed by atoms with Gasteiger partial charge in [0.25, 0.3) is 5.91 Å². The second-order valence-corrected chi connectivity index (χ2v) is 5.32. The Balaban J connectivity index is 1.90. The summed E-state index contributed by atoms with van der Waals surface area (Å²) in [6.07, 6.45) is 0.715. The van der Waals surface area contributed by atoms with E-state index in [1.165, 1.54) is 19.4 Å². The molecule has 7 heteroatoms. The molecule has 0 bridgehead atoms. The number of hydrogen-bond donors (Lipinski definition) is 2. The van der Waals surface area contributed by atoms with E-state index in [0.717, 1.165) is 0 Å². The zero-order valence-corrected chi connectivity index (χ0v) is 13.9. The van der Waals surface area contributed by atoms with Crippen molar-refractivity contribution in [1.82, 2.24) is 5.43 Å². The summed E-state index contributed by atoms with van der Waals surface area (Å²) in [7, 11) is 1.45. The van der Waals surface area contributed by atoms with Crippen molar-refractivity contribution in [1.29, 1.82) is 0 Å². The highest BCUT2D eigenvalue weighted by molar-refractivity contribution is 6.30. The maximum absolute atomic E-state index is 11.9. The molecular weight excluding hydrogens is 332 g/mol. The zero-order valence-electron chi connectivity index (χ0n) is 13.2. The molecule has 0 radical (unpaired) electrons. The summed E-state index contributed by atoms with van der Waals surface area (Å²) in [6.45, 7) is 1.61. The van der Waals surface area contributed by atoms with Gasteiger partial charge in [0.2, 0.25) is 0 Å². The highest BCUT2D eigenvalue weighted by Crippen LogP contribution is 2.25. The van der Waals surface area contributed by atoms with E-state index in [9.17, 15) is 9.90 Å². The van der Waals surface area contributed by atoms with Crippen LogP contribution in [0.4, 0.5) is 0 Å². The molecule has 0 saturated heterocycles. The van der Waals surface area contributed by atoms with Crippen molar-refractivity contribution in [3.8, 4) is 17.2 Å². The van der Waals surface area contributed by atoms with Crippen LogP contribution in [-0.2, 0) is 4.79 Å². The molecule has 0 spiro atoms. The van der Waals surface area contributed by atoms with Gasteiger partial charge >= 0.3 is 0 Å². The summed E-state index contributed by atoms with van der Waals surface area (Å²) in [5.41, 5.74) is 3.05. The SMILES string of the molecule is COc1cc(/C=N/NC(=O)C(C)Oc2ccc(Cl)cc2)ccc1O. The number of hydrazone groups is 1. The van der Waals surface area contributed by atoms with Crippen molar-refractivity contribution in [2.75, 3.05) is 7.11 Å². The maximum atomic E-state index is 11.9. The van der Waals surface area contributed by atoms with Crippen molar-refractivity contribution in [2.24, 2.45) is 5.10 Å². The quantitative estimate of drug-likeness (QED) is 0.621. The first kappa shape index (κ1) is 17.6. The topological polar surface area (TPSA) is 80.2 Å². The van der Waals surface area contributed by atoms with Crippen LogP contribution in [0.25, 0.3) is 0 Å². The largest absolute Gasteiger partial charge is 0.504 e. The second-order valence-electron chi connectivity index (χ2n) is 4.88. The Hall–Kier alpha value is -2.73. The molecule has 0 aliphatic carbocycles. The first-order chi connectivity index (χ1) is 11.5. The lowest BCUT2D eigenvalue weighted by molar-refractivity contribution is -0.127. The van der Waals surface area contributed by atoms with Gasteiger partial charge in [-0.25, -0.2) is 5.43 Å². The van der Waals surface area contributed by atoms with Crippen LogP contribution in [-0.4, -0.2) is 30.4 Å². The van der Waals surface area contributed by atoms with E-state index in [0.29, 0.717) is 22.1 Å². The molecule has 0 fully saturated rings. The summed E-state index contributed by atoms with van der Waals surface area (Å²) in [4.78, 5) is 11.9. The summed E-state index contributed by atoms with van der Waals surface area (Å²) in [6, 6.07) is 11.4. The molecule has 0 aliphatic rings. The van der Waals surface area contributed by atoms with Crippen molar-refractivity contribution in [3.05, 3.63) is 53.1 Å². The van der Waals surface area contributed by atoms with Crippen molar-refractivity contribution >= 4 is 23.7 Å². The van der Waals surface area contributed by atoms with E-state index in [1.54, 1.807) is 43.3 Å². The van der Waals surface area contributed by atoms with Gasteiger partial charge in [0, 0.05) is 5.02 Å². The molecule has 0 heterocycles. The Bertz CT molecular complexity index is 732. The average Bonchev–Trinajstić information content (AvgIpc) is 2.58. The van der Waals surface area contributed by atoms with Gasteiger partial charge in [0.1, 0.15) is 5.75 Å². The molecule has 1 atom stereocenters. The van der Waals surface area contributed by atoms with Crippen molar-refractivity contribution < 1.29 is 19.4 Å². The lowest BCUT2D eigenvalue weighted by Gasteiger charge is -2.12. The summed E-state index contributed by atoms with van der Waals surface area (Å²) >= 11 is 5.79. The fourth-order valence-electron chi connectivity index (χ4n) is 1.81.